The normalized spacial score (nSPS) is 17.9. The van der Waals surface area contributed by atoms with Crippen LogP contribution in [0, 0.1) is 6.92 Å². The Labute approximate surface area is 208 Å². The second-order valence-corrected chi connectivity index (χ2v) is 8.48. The molecular formula is C24H23F4N5O4. The lowest BCUT2D eigenvalue weighted by Crippen LogP contribution is -2.49. The summed E-state index contributed by atoms with van der Waals surface area (Å²) in [6.45, 7) is 1.69. The number of halogens is 4. The van der Waals surface area contributed by atoms with Crippen LogP contribution < -0.4 is 15.2 Å². The maximum Gasteiger partial charge on any atom is 0.573 e. The quantitative estimate of drug-likeness (QED) is 0.460. The number of nitrogens with one attached hydrogen (secondary N) is 1. The number of likely N-dealkylation sites (tertiary alicyclic amines) is 1. The number of nitrogens with two attached hydrogens (primary N) is 1. The summed E-state index contributed by atoms with van der Waals surface area (Å²) in [6.07, 6.45) is -4.25. The molecule has 0 radical (unpaired) electrons. The Balaban J connectivity index is 1.37. The van der Waals surface area contributed by atoms with Gasteiger partial charge in [0.2, 0.25) is 11.8 Å². The van der Waals surface area contributed by atoms with Crippen LogP contribution in [0.2, 0.25) is 0 Å². The first-order valence-electron chi connectivity index (χ1n) is 11.2. The first-order valence-corrected chi connectivity index (χ1v) is 11.2. The van der Waals surface area contributed by atoms with E-state index in [4.69, 9.17) is 10.5 Å². The van der Waals surface area contributed by atoms with Crippen LogP contribution in [0.3, 0.4) is 0 Å². The summed E-state index contributed by atoms with van der Waals surface area (Å²) < 4.78 is 61.4. The van der Waals surface area contributed by atoms with E-state index >= 15 is 0 Å². The Bertz CT molecular complexity index is 1280. The number of rotatable bonds is 7. The highest BCUT2D eigenvalue weighted by Crippen LogP contribution is 2.27. The lowest BCUT2D eigenvalue weighted by Gasteiger charge is -2.34. The van der Waals surface area contributed by atoms with Gasteiger partial charge in [0.15, 0.2) is 6.17 Å². The molecule has 1 saturated heterocycles. The van der Waals surface area contributed by atoms with Crippen molar-refractivity contribution in [3.8, 4) is 22.9 Å². The topological polar surface area (TPSA) is 123 Å². The van der Waals surface area contributed by atoms with Gasteiger partial charge >= 0.3 is 6.36 Å². The molecule has 4 rings (SSSR count). The van der Waals surface area contributed by atoms with Crippen molar-refractivity contribution < 1.29 is 36.6 Å². The summed E-state index contributed by atoms with van der Waals surface area (Å²) in [5, 5.41) is 0. The Morgan fingerprint density at radius 2 is 1.97 bits per heavy atom. The van der Waals surface area contributed by atoms with Crippen molar-refractivity contribution in [2.75, 3.05) is 13.1 Å². The summed E-state index contributed by atoms with van der Waals surface area (Å²) in [5.74, 6) is -1.03. The monoisotopic (exact) mass is 521 g/mol. The number of ether oxygens (including phenoxy) is 2. The summed E-state index contributed by atoms with van der Waals surface area (Å²) in [4.78, 5) is 37.3. The van der Waals surface area contributed by atoms with E-state index in [1.165, 1.54) is 29.3 Å². The summed E-state index contributed by atoms with van der Waals surface area (Å²) in [7, 11) is 0. The van der Waals surface area contributed by atoms with Gasteiger partial charge in [-0.15, -0.1) is 13.2 Å². The third-order valence-electron chi connectivity index (χ3n) is 5.73. The SMILES string of the molecule is Cc1nc(-c2cnc(O[C@@H]3CCN(C(=O)Cc4ccc(OC(F)(F)F)cc4)C[C@@H]3F)c(C(N)=O)c2)c[nH]1. The van der Waals surface area contributed by atoms with Gasteiger partial charge in [-0.1, -0.05) is 12.1 Å². The number of benzene rings is 1. The number of nitrogens with zero attached hydrogens (tertiary/aromatic N) is 3. The number of aromatic nitrogens is 3. The van der Waals surface area contributed by atoms with Crippen molar-refractivity contribution >= 4 is 11.8 Å². The van der Waals surface area contributed by atoms with E-state index in [1.54, 1.807) is 13.1 Å². The fraction of sp³-hybridized carbons (Fsp3) is 0.333. The van der Waals surface area contributed by atoms with Crippen LogP contribution in [-0.4, -0.2) is 63.4 Å². The molecule has 3 heterocycles. The molecular weight excluding hydrogens is 498 g/mol. The zero-order chi connectivity index (χ0) is 26.7. The highest BCUT2D eigenvalue weighted by molar-refractivity contribution is 5.96. The van der Waals surface area contributed by atoms with Crippen molar-refractivity contribution in [1.82, 2.24) is 19.9 Å². The number of primary amides is 1. The van der Waals surface area contributed by atoms with Crippen molar-refractivity contribution in [3.05, 3.63) is 59.7 Å². The number of alkyl halides is 4. The van der Waals surface area contributed by atoms with E-state index in [0.717, 1.165) is 12.1 Å². The minimum absolute atomic E-state index is 0.0261. The van der Waals surface area contributed by atoms with Gasteiger partial charge < -0.3 is 25.1 Å². The first-order chi connectivity index (χ1) is 17.5. The maximum absolute atomic E-state index is 15.0. The van der Waals surface area contributed by atoms with Gasteiger partial charge in [0.05, 0.1) is 18.7 Å². The number of piperidine rings is 1. The first kappa shape index (κ1) is 25.9. The van der Waals surface area contributed by atoms with E-state index in [1.807, 2.05) is 0 Å². The lowest BCUT2D eigenvalue weighted by atomic mass is 10.0. The van der Waals surface area contributed by atoms with Crippen LogP contribution in [-0.2, 0) is 11.2 Å². The predicted octanol–water partition coefficient (Wildman–Crippen LogP) is 3.34. The smallest absolute Gasteiger partial charge is 0.471 e. The number of hydrogen-bond donors (Lipinski definition) is 2. The minimum atomic E-state index is -4.81. The Hall–Kier alpha value is -4.16. The van der Waals surface area contributed by atoms with E-state index in [2.05, 4.69) is 19.7 Å². The van der Waals surface area contributed by atoms with Crippen molar-refractivity contribution in [2.45, 2.75) is 38.4 Å². The van der Waals surface area contributed by atoms with Crippen LogP contribution >= 0.6 is 0 Å². The van der Waals surface area contributed by atoms with Crippen LogP contribution in [0.1, 0.15) is 28.2 Å². The number of pyridine rings is 1. The highest BCUT2D eigenvalue weighted by atomic mass is 19.4. The molecule has 0 aliphatic carbocycles. The Morgan fingerprint density at radius 3 is 2.57 bits per heavy atom. The molecule has 1 aromatic carbocycles. The van der Waals surface area contributed by atoms with E-state index in [9.17, 15) is 27.2 Å². The van der Waals surface area contributed by atoms with Gasteiger partial charge in [-0.2, -0.15) is 0 Å². The third kappa shape index (κ3) is 6.54. The molecule has 37 heavy (non-hydrogen) atoms. The van der Waals surface area contributed by atoms with Gasteiger partial charge in [0.25, 0.3) is 5.91 Å². The number of aromatic amines is 1. The van der Waals surface area contributed by atoms with Gasteiger partial charge in [-0.25, -0.2) is 14.4 Å². The molecule has 196 valence electrons. The van der Waals surface area contributed by atoms with E-state index in [-0.39, 0.29) is 43.3 Å². The van der Waals surface area contributed by atoms with Crippen LogP contribution in [0.25, 0.3) is 11.3 Å². The zero-order valence-electron chi connectivity index (χ0n) is 19.6. The molecule has 0 unspecified atom stereocenters. The average molecular weight is 521 g/mol. The number of carbonyl (C=O) groups is 2. The number of H-pyrrole nitrogens is 1. The van der Waals surface area contributed by atoms with Crippen molar-refractivity contribution in [2.24, 2.45) is 5.73 Å². The largest absolute Gasteiger partial charge is 0.573 e. The highest BCUT2D eigenvalue weighted by Gasteiger charge is 2.34. The lowest BCUT2D eigenvalue weighted by molar-refractivity contribution is -0.274. The van der Waals surface area contributed by atoms with Crippen molar-refractivity contribution in [3.63, 3.8) is 0 Å². The Kier molecular flexibility index (Phi) is 7.32. The molecule has 1 fully saturated rings. The second-order valence-electron chi connectivity index (χ2n) is 8.48. The minimum Gasteiger partial charge on any atom is -0.471 e. The number of hydrogen-bond acceptors (Lipinski definition) is 6. The van der Waals surface area contributed by atoms with Crippen LogP contribution in [0.4, 0.5) is 17.6 Å². The molecule has 3 aromatic rings. The van der Waals surface area contributed by atoms with Gasteiger partial charge in [0, 0.05) is 30.9 Å². The van der Waals surface area contributed by atoms with Crippen molar-refractivity contribution in [1.29, 1.82) is 0 Å². The van der Waals surface area contributed by atoms with Crippen LogP contribution in [0.5, 0.6) is 11.6 Å². The second kappa shape index (κ2) is 10.4. The number of amides is 2. The number of imidazole rings is 1. The predicted molar refractivity (Wildman–Crippen MR) is 122 cm³/mol. The summed E-state index contributed by atoms with van der Waals surface area (Å²) in [6, 6.07) is 6.36. The molecule has 0 bridgehead atoms. The molecule has 9 nitrogen and oxygen atoms in total. The van der Waals surface area contributed by atoms with E-state index in [0.29, 0.717) is 22.6 Å². The average Bonchev–Trinajstić information content (AvgIpc) is 3.27. The number of aryl methyl sites for hydroxylation is 1. The fourth-order valence-electron chi connectivity index (χ4n) is 3.91. The zero-order valence-corrected chi connectivity index (χ0v) is 19.6. The third-order valence-corrected chi connectivity index (χ3v) is 5.73. The molecule has 13 heteroatoms. The fourth-order valence-corrected chi connectivity index (χ4v) is 3.91. The molecule has 2 aromatic heterocycles. The molecule has 2 atom stereocenters. The molecule has 0 saturated carbocycles. The van der Waals surface area contributed by atoms with E-state index < -0.39 is 30.3 Å². The maximum atomic E-state index is 15.0. The number of carbonyl (C=O) groups excluding carboxylic acids is 2. The Morgan fingerprint density at radius 1 is 1.24 bits per heavy atom. The molecule has 1 aliphatic rings. The standard InChI is InChI=1S/C24H23F4N5O4/c1-13-30-11-19(32-13)15-9-17(22(29)35)23(31-10-15)36-20-6-7-33(12-18(20)25)21(34)8-14-2-4-16(5-3-14)37-24(26,27)28/h2-5,9-11,18,20H,6-8,12H2,1H3,(H2,29,35)(H,30,32)/t18-,20+/m0/s1. The molecule has 3 N–H and O–H groups in total. The van der Waals surface area contributed by atoms with Gasteiger partial charge in [0.1, 0.15) is 23.2 Å². The van der Waals surface area contributed by atoms with Crippen LogP contribution in [0.15, 0.2) is 42.7 Å². The van der Waals surface area contributed by atoms with Gasteiger partial charge in [-0.3, -0.25) is 9.59 Å². The summed E-state index contributed by atoms with van der Waals surface area (Å²) >= 11 is 0. The molecule has 2 amide bonds. The summed E-state index contributed by atoms with van der Waals surface area (Å²) in [5.41, 5.74) is 6.99. The molecule has 1 aliphatic heterocycles. The molecule has 0 spiro atoms. The van der Waals surface area contributed by atoms with Gasteiger partial charge in [-0.05, 0) is 30.7 Å².